The number of hydrogen-bond donors (Lipinski definition) is 1. The topological polar surface area (TPSA) is 96.0 Å². The van der Waals surface area contributed by atoms with E-state index in [9.17, 15) is 20.2 Å². The molecule has 0 radical (unpaired) electrons. The number of aryl methyl sites for hydroxylation is 1. The van der Waals surface area contributed by atoms with Gasteiger partial charge in [0, 0.05) is 6.07 Å². The van der Waals surface area contributed by atoms with Gasteiger partial charge in [-0.3, -0.25) is 14.9 Å². The SMILES string of the molecule is Cc1ccc(NC(=O)/C(C#N)=C/c2cccc(Cl)c2Cl)c([N+](=O)[O-])c1. The van der Waals surface area contributed by atoms with Gasteiger partial charge in [0.15, 0.2) is 0 Å². The Morgan fingerprint density at radius 2 is 2.04 bits per heavy atom. The highest BCUT2D eigenvalue weighted by atomic mass is 35.5. The van der Waals surface area contributed by atoms with Crippen molar-refractivity contribution in [1.82, 2.24) is 0 Å². The summed E-state index contributed by atoms with van der Waals surface area (Å²) in [6.07, 6.45) is 1.27. The summed E-state index contributed by atoms with van der Waals surface area (Å²) in [5.74, 6) is -0.787. The van der Waals surface area contributed by atoms with Gasteiger partial charge in [0.2, 0.25) is 0 Å². The van der Waals surface area contributed by atoms with E-state index in [0.717, 1.165) is 0 Å². The smallest absolute Gasteiger partial charge is 0.293 e. The van der Waals surface area contributed by atoms with E-state index in [-0.39, 0.29) is 27.0 Å². The van der Waals surface area contributed by atoms with Crippen LogP contribution in [0, 0.1) is 28.4 Å². The molecule has 25 heavy (non-hydrogen) atoms. The van der Waals surface area contributed by atoms with E-state index in [1.165, 1.54) is 18.2 Å². The van der Waals surface area contributed by atoms with Crippen molar-refractivity contribution in [1.29, 1.82) is 5.26 Å². The Labute approximate surface area is 153 Å². The number of benzene rings is 2. The minimum absolute atomic E-state index is 0.000981. The van der Waals surface area contributed by atoms with E-state index < -0.39 is 10.8 Å². The van der Waals surface area contributed by atoms with Crippen LogP contribution in [-0.2, 0) is 4.79 Å². The van der Waals surface area contributed by atoms with Crippen LogP contribution in [0.4, 0.5) is 11.4 Å². The predicted octanol–water partition coefficient (Wildman–Crippen LogP) is 4.76. The molecule has 0 aliphatic heterocycles. The average Bonchev–Trinajstić information content (AvgIpc) is 2.57. The Bertz CT molecular complexity index is 933. The van der Waals surface area contributed by atoms with Gasteiger partial charge in [-0.05, 0) is 36.3 Å². The van der Waals surface area contributed by atoms with Crippen LogP contribution in [0.15, 0.2) is 42.0 Å². The summed E-state index contributed by atoms with van der Waals surface area (Å²) in [4.78, 5) is 22.8. The van der Waals surface area contributed by atoms with Crippen LogP contribution in [0.1, 0.15) is 11.1 Å². The molecule has 2 aromatic rings. The molecule has 1 N–H and O–H groups in total. The number of nitro benzene ring substituents is 1. The second-order valence-electron chi connectivity index (χ2n) is 5.04. The Balaban J connectivity index is 2.36. The monoisotopic (exact) mass is 375 g/mol. The zero-order valence-electron chi connectivity index (χ0n) is 12.9. The Morgan fingerprint density at radius 1 is 1.32 bits per heavy atom. The van der Waals surface area contributed by atoms with Crippen LogP contribution < -0.4 is 5.32 Å². The van der Waals surface area contributed by atoms with E-state index in [2.05, 4.69) is 5.32 Å². The fourth-order valence-corrected chi connectivity index (χ4v) is 2.39. The predicted molar refractivity (Wildman–Crippen MR) is 96.5 cm³/mol. The van der Waals surface area contributed by atoms with E-state index in [0.29, 0.717) is 11.1 Å². The molecular weight excluding hydrogens is 365 g/mol. The summed E-state index contributed by atoms with van der Waals surface area (Å²) < 4.78 is 0. The van der Waals surface area contributed by atoms with Crippen LogP contribution in [-0.4, -0.2) is 10.8 Å². The molecule has 2 aromatic carbocycles. The number of nitro groups is 1. The molecule has 1 amide bonds. The first-order chi connectivity index (χ1) is 11.8. The largest absolute Gasteiger partial charge is 0.316 e. The third-order valence-electron chi connectivity index (χ3n) is 3.24. The standard InChI is InChI=1S/C17H11Cl2N3O3/c1-10-5-6-14(15(7-10)22(24)25)21-17(23)12(9-20)8-11-3-2-4-13(18)16(11)19/h2-8H,1H3,(H,21,23)/b12-8+. The van der Waals surface area contributed by atoms with Crippen LogP contribution in [0.25, 0.3) is 6.08 Å². The quantitative estimate of drug-likeness (QED) is 0.360. The Hall–Kier alpha value is -2.88. The molecule has 0 heterocycles. The lowest BCUT2D eigenvalue weighted by Crippen LogP contribution is -2.14. The molecule has 0 bridgehead atoms. The third-order valence-corrected chi connectivity index (χ3v) is 4.08. The maximum Gasteiger partial charge on any atom is 0.293 e. The van der Waals surface area contributed by atoms with Crippen molar-refractivity contribution in [2.75, 3.05) is 5.32 Å². The molecule has 0 saturated carbocycles. The highest BCUT2D eigenvalue weighted by Crippen LogP contribution is 2.28. The number of halogens is 2. The van der Waals surface area contributed by atoms with E-state index in [1.807, 2.05) is 0 Å². The van der Waals surface area contributed by atoms with Crippen molar-refractivity contribution in [3.05, 3.63) is 73.3 Å². The first-order valence-corrected chi connectivity index (χ1v) is 7.71. The molecule has 8 heteroatoms. The second kappa shape index (κ2) is 7.79. The number of hydrogen-bond acceptors (Lipinski definition) is 4. The normalized spacial score (nSPS) is 10.9. The highest BCUT2D eigenvalue weighted by molar-refractivity contribution is 6.43. The lowest BCUT2D eigenvalue weighted by molar-refractivity contribution is -0.384. The maximum absolute atomic E-state index is 12.3. The molecule has 0 aromatic heterocycles. The number of amides is 1. The summed E-state index contributed by atoms with van der Waals surface area (Å²) in [5.41, 5.74) is 0.537. The lowest BCUT2D eigenvalue weighted by atomic mass is 10.1. The zero-order chi connectivity index (χ0) is 18.6. The Morgan fingerprint density at radius 3 is 2.68 bits per heavy atom. The number of nitrogens with one attached hydrogen (secondary N) is 1. The molecule has 2 rings (SSSR count). The van der Waals surface area contributed by atoms with E-state index in [4.69, 9.17) is 23.2 Å². The summed E-state index contributed by atoms with van der Waals surface area (Å²) >= 11 is 11.9. The minimum Gasteiger partial charge on any atom is -0.316 e. The van der Waals surface area contributed by atoms with Gasteiger partial charge >= 0.3 is 0 Å². The van der Waals surface area contributed by atoms with Crippen molar-refractivity contribution < 1.29 is 9.72 Å². The summed E-state index contributed by atoms with van der Waals surface area (Å²) in [5, 5.41) is 23.2. The maximum atomic E-state index is 12.3. The first-order valence-electron chi connectivity index (χ1n) is 6.95. The Kier molecular flexibility index (Phi) is 5.75. The van der Waals surface area contributed by atoms with Crippen LogP contribution in [0.5, 0.6) is 0 Å². The van der Waals surface area contributed by atoms with Crippen molar-refractivity contribution in [2.24, 2.45) is 0 Å². The van der Waals surface area contributed by atoms with E-state index >= 15 is 0 Å². The molecule has 0 spiro atoms. The molecule has 0 atom stereocenters. The van der Waals surface area contributed by atoms with Crippen LogP contribution in [0.2, 0.25) is 10.0 Å². The van der Waals surface area contributed by atoms with Gasteiger partial charge in [0.25, 0.3) is 11.6 Å². The molecule has 126 valence electrons. The van der Waals surface area contributed by atoms with Gasteiger partial charge < -0.3 is 5.32 Å². The van der Waals surface area contributed by atoms with Crippen molar-refractivity contribution >= 4 is 46.6 Å². The summed E-state index contributed by atoms with van der Waals surface area (Å²) in [6.45, 7) is 1.69. The number of carbonyl (C=O) groups excluding carboxylic acids is 1. The van der Waals surface area contributed by atoms with Gasteiger partial charge in [-0.25, -0.2) is 0 Å². The fourth-order valence-electron chi connectivity index (χ4n) is 2.02. The van der Waals surface area contributed by atoms with E-state index in [1.54, 1.807) is 37.3 Å². The number of nitriles is 1. The number of carbonyl (C=O) groups is 1. The molecule has 0 aliphatic rings. The zero-order valence-corrected chi connectivity index (χ0v) is 14.4. The summed E-state index contributed by atoms with van der Waals surface area (Å²) in [7, 11) is 0. The second-order valence-corrected chi connectivity index (χ2v) is 5.83. The molecule has 0 saturated heterocycles. The van der Waals surface area contributed by atoms with Gasteiger partial charge in [0.05, 0.1) is 15.0 Å². The molecular formula is C17H11Cl2N3O3. The van der Waals surface area contributed by atoms with Crippen molar-refractivity contribution in [3.63, 3.8) is 0 Å². The van der Waals surface area contributed by atoms with Gasteiger partial charge in [-0.2, -0.15) is 5.26 Å². The van der Waals surface area contributed by atoms with Crippen molar-refractivity contribution in [3.8, 4) is 6.07 Å². The lowest BCUT2D eigenvalue weighted by Gasteiger charge is -2.07. The first kappa shape index (κ1) is 18.5. The molecule has 0 fully saturated rings. The molecule has 0 aliphatic carbocycles. The number of anilines is 1. The highest BCUT2D eigenvalue weighted by Gasteiger charge is 2.18. The molecule has 0 unspecified atom stereocenters. The van der Waals surface area contributed by atoms with Gasteiger partial charge in [-0.15, -0.1) is 0 Å². The van der Waals surface area contributed by atoms with Gasteiger partial charge in [-0.1, -0.05) is 41.4 Å². The minimum atomic E-state index is -0.787. The van der Waals surface area contributed by atoms with Gasteiger partial charge in [0.1, 0.15) is 17.3 Å². The number of nitrogens with zero attached hydrogens (tertiary/aromatic N) is 2. The third kappa shape index (κ3) is 4.35. The van der Waals surface area contributed by atoms with Crippen LogP contribution >= 0.6 is 23.2 Å². The van der Waals surface area contributed by atoms with Crippen molar-refractivity contribution in [2.45, 2.75) is 6.92 Å². The number of rotatable bonds is 4. The average molecular weight is 376 g/mol. The van der Waals surface area contributed by atoms with Crippen LogP contribution in [0.3, 0.4) is 0 Å². The fraction of sp³-hybridized carbons (Fsp3) is 0.0588. The summed E-state index contributed by atoms with van der Waals surface area (Å²) in [6, 6.07) is 10.9. The molecule has 6 nitrogen and oxygen atoms in total.